The molecule has 0 unspecified atom stereocenters. The normalized spacial score (nSPS) is 19.2. The van der Waals surface area contributed by atoms with Gasteiger partial charge in [0, 0.05) is 46.4 Å². The molecule has 6 nitrogen and oxygen atoms in total. The Kier molecular flexibility index (Phi) is 17.3. The van der Waals surface area contributed by atoms with E-state index in [0.29, 0.717) is 34.6 Å². The third kappa shape index (κ3) is 12.8. The first kappa shape index (κ1) is 46.9. The number of anilines is 2. The standard InChI is InChI=1S/C56H75N3O3S/c1-6-9-12-15-40-16-20-42(21-17-40)43-22-24-44(25-23-43)45-26-30-48(31-27-45)63-54-36-47(59(32-13-10-7-2)33-14-11-8-3)35-53-55(54)58-50-37-49(51(60)38-52(50)62-53)56(61)57-46-28-18-41(19-29-46)34-39(4)5/h18-19,26-31,35-40,42-44H,6-17,20-25,32-34H2,1-5H3,(H,57,61). The monoisotopic (exact) mass is 870 g/mol. The molecule has 7 rings (SSSR count). The van der Waals surface area contributed by atoms with Gasteiger partial charge in [0.2, 0.25) is 0 Å². The van der Waals surface area contributed by atoms with Crippen molar-refractivity contribution in [1.29, 1.82) is 0 Å². The fraction of sp³-hybridized carbons (Fsp3) is 0.554. The lowest BCUT2D eigenvalue weighted by Gasteiger charge is -2.38. The number of rotatable bonds is 21. The van der Waals surface area contributed by atoms with E-state index in [1.807, 2.05) is 24.3 Å². The molecule has 1 amide bonds. The molecular weight excluding hydrogens is 795 g/mol. The summed E-state index contributed by atoms with van der Waals surface area (Å²) in [6.45, 7) is 13.2. The second-order valence-corrected chi connectivity index (χ2v) is 20.6. The SMILES string of the molecule is CCCCCC1CCC(C2CCC(c3ccc(Sc4cc(N(CCCCC)CCCCC)cc5oc6cc(=O)c(C(=O)Nc7ccc(CC(C)C)cc7)cc-6nc45)cc3)CC2)CC1. The number of benzene rings is 4. The van der Waals surface area contributed by atoms with Crippen LogP contribution >= 0.6 is 11.8 Å². The summed E-state index contributed by atoms with van der Waals surface area (Å²) in [5.74, 6) is 3.98. The number of hydrogen-bond donors (Lipinski definition) is 1. The average Bonchev–Trinajstić information content (AvgIpc) is 3.29. The van der Waals surface area contributed by atoms with Crippen LogP contribution < -0.4 is 15.6 Å². The number of amides is 1. The summed E-state index contributed by atoms with van der Waals surface area (Å²) in [7, 11) is 0. The van der Waals surface area contributed by atoms with Crippen molar-refractivity contribution < 1.29 is 9.21 Å². The van der Waals surface area contributed by atoms with E-state index >= 15 is 0 Å². The first-order valence-corrected chi connectivity index (χ1v) is 25.9. The minimum absolute atomic E-state index is 0.0504. The topological polar surface area (TPSA) is 75.4 Å². The van der Waals surface area contributed by atoms with E-state index in [-0.39, 0.29) is 11.0 Å². The molecule has 3 aromatic rings. The molecule has 0 atom stereocenters. The second-order valence-electron chi connectivity index (χ2n) is 19.5. The first-order valence-electron chi connectivity index (χ1n) is 25.1. The predicted octanol–water partition coefficient (Wildman–Crippen LogP) is 15.7. The lowest BCUT2D eigenvalue weighted by Crippen LogP contribution is -2.25. The van der Waals surface area contributed by atoms with Gasteiger partial charge >= 0.3 is 0 Å². The Bertz CT molecular complexity index is 2200. The molecule has 0 spiro atoms. The maximum Gasteiger partial charge on any atom is 0.259 e. The van der Waals surface area contributed by atoms with E-state index in [4.69, 9.17) is 9.40 Å². The predicted molar refractivity (Wildman–Crippen MR) is 266 cm³/mol. The Morgan fingerprint density at radius 1 is 0.762 bits per heavy atom. The number of carbonyl (C=O) groups is 1. The zero-order chi connectivity index (χ0) is 44.1. The van der Waals surface area contributed by atoms with E-state index < -0.39 is 5.91 Å². The van der Waals surface area contributed by atoms with Gasteiger partial charge in [-0.15, -0.1) is 0 Å². The van der Waals surface area contributed by atoms with Crippen LogP contribution in [0, 0.1) is 23.7 Å². The van der Waals surface area contributed by atoms with Crippen LogP contribution in [0.15, 0.2) is 91.8 Å². The summed E-state index contributed by atoms with van der Waals surface area (Å²) >= 11 is 1.72. The minimum atomic E-state index is -0.450. The molecule has 3 aliphatic carbocycles. The van der Waals surface area contributed by atoms with E-state index in [9.17, 15) is 9.59 Å². The molecule has 7 heteroatoms. The fourth-order valence-corrected chi connectivity index (χ4v) is 11.5. The zero-order valence-electron chi connectivity index (χ0n) is 39.2. The Labute approximate surface area is 383 Å². The van der Waals surface area contributed by atoms with Gasteiger partial charge in [0.05, 0.1) is 5.56 Å². The summed E-state index contributed by atoms with van der Waals surface area (Å²) in [6.07, 6.45) is 24.8. The van der Waals surface area contributed by atoms with Crippen LogP contribution in [0.1, 0.15) is 178 Å². The Balaban J connectivity index is 1.11. The summed E-state index contributed by atoms with van der Waals surface area (Å²) in [4.78, 5) is 36.9. The van der Waals surface area contributed by atoms with Gasteiger partial charge in [0.1, 0.15) is 11.2 Å². The molecule has 1 N–H and O–H groups in total. The van der Waals surface area contributed by atoms with Crippen molar-refractivity contribution in [1.82, 2.24) is 4.98 Å². The van der Waals surface area contributed by atoms with Gasteiger partial charge in [-0.05, 0) is 135 Å². The van der Waals surface area contributed by atoms with Crippen LogP contribution in [0.5, 0.6) is 0 Å². The lowest BCUT2D eigenvalue weighted by atomic mass is 9.68. The van der Waals surface area contributed by atoms with Gasteiger partial charge in [-0.25, -0.2) is 4.98 Å². The van der Waals surface area contributed by atoms with Gasteiger partial charge in [-0.3, -0.25) is 9.59 Å². The quantitative estimate of drug-likeness (QED) is 0.0585. The molecule has 0 radical (unpaired) electrons. The van der Waals surface area contributed by atoms with E-state index in [2.05, 4.69) is 81.2 Å². The number of carbonyl (C=O) groups excluding carboxylic acids is 1. The largest absolute Gasteiger partial charge is 0.453 e. The number of fused-ring (bicyclic) bond motifs is 2. The number of nitrogens with one attached hydrogen (secondary N) is 1. The summed E-state index contributed by atoms with van der Waals surface area (Å²) < 4.78 is 6.59. The summed E-state index contributed by atoms with van der Waals surface area (Å²) in [6, 6.07) is 24.6. The number of hydrogen-bond acceptors (Lipinski definition) is 6. The van der Waals surface area contributed by atoms with Gasteiger partial charge in [-0.2, -0.15) is 0 Å². The highest BCUT2D eigenvalue weighted by Crippen LogP contribution is 2.45. The molecule has 4 aliphatic rings. The van der Waals surface area contributed by atoms with Crippen molar-refractivity contribution in [3.63, 3.8) is 0 Å². The van der Waals surface area contributed by atoms with Crippen molar-refractivity contribution in [2.45, 2.75) is 172 Å². The van der Waals surface area contributed by atoms with Crippen molar-refractivity contribution in [3.05, 3.63) is 99.7 Å². The summed E-state index contributed by atoms with van der Waals surface area (Å²) in [5, 5.41) is 2.93. The molecule has 2 saturated carbocycles. The molecule has 1 aliphatic heterocycles. The van der Waals surface area contributed by atoms with Crippen LogP contribution in [0.3, 0.4) is 0 Å². The van der Waals surface area contributed by atoms with Crippen molar-refractivity contribution >= 4 is 40.1 Å². The molecule has 0 aromatic heterocycles. The highest BCUT2D eigenvalue weighted by Gasteiger charge is 2.31. The van der Waals surface area contributed by atoms with Crippen molar-refractivity contribution in [3.8, 4) is 11.5 Å². The number of aromatic nitrogens is 1. The third-order valence-electron chi connectivity index (χ3n) is 14.2. The number of nitrogens with zero attached hydrogens (tertiary/aromatic N) is 2. The van der Waals surface area contributed by atoms with Crippen LogP contribution in [0.2, 0.25) is 0 Å². The van der Waals surface area contributed by atoms with Crippen molar-refractivity contribution in [2.75, 3.05) is 23.3 Å². The van der Waals surface area contributed by atoms with E-state index in [1.54, 1.807) is 17.8 Å². The Hall–Kier alpha value is -4.10. The molecular formula is C56H75N3O3S. The molecule has 3 aromatic carbocycles. The molecule has 0 saturated heterocycles. The van der Waals surface area contributed by atoms with Crippen LogP contribution in [0.4, 0.5) is 11.4 Å². The van der Waals surface area contributed by atoms with Gasteiger partial charge in [0.25, 0.3) is 5.91 Å². The van der Waals surface area contributed by atoms with Gasteiger partial charge in [0.15, 0.2) is 16.8 Å². The summed E-state index contributed by atoms with van der Waals surface area (Å²) in [5.41, 5.74) is 6.00. The third-order valence-corrected chi connectivity index (χ3v) is 15.2. The maximum absolute atomic E-state index is 13.5. The number of unbranched alkanes of at least 4 members (excludes halogenated alkanes) is 6. The van der Waals surface area contributed by atoms with Crippen LogP contribution in [0.25, 0.3) is 22.6 Å². The molecule has 0 bridgehead atoms. The highest BCUT2D eigenvalue weighted by atomic mass is 32.2. The molecule has 2 fully saturated rings. The van der Waals surface area contributed by atoms with Gasteiger partial charge < -0.3 is 14.6 Å². The smallest absolute Gasteiger partial charge is 0.259 e. The lowest BCUT2D eigenvalue weighted by molar-refractivity contribution is 0.102. The Morgan fingerprint density at radius 2 is 1.40 bits per heavy atom. The fourth-order valence-electron chi connectivity index (χ4n) is 10.5. The second kappa shape index (κ2) is 23.2. The average molecular weight is 870 g/mol. The van der Waals surface area contributed by atoms with E-state index in [0.717, 1.165) is 66.2 Å². The Morgan fingerprint density at radius 3 is 2.03 bits per heavy atom. The van der Waals surface area contributed by atoms with Crippen LogP contribution in [-0.4, -0.2) is 24.0 Å². The first-order chi connectivity index (χ1) is 30.7. The van der Waals surface area contributed by atoms with Gasteiger partial charge in [-0.1, -0.05) is 135 Å². The van der Waals surface area contributed by atoms with Crippen LogP contribution in [-0.2, 0) is 6.42 Å². The highest BCUT2D eigenvalue weighted by molar-refractivity contribution is 7.99. The van der Waals surface area contributed by atoms with Crippen molar-refractivity contribution in [2.24, 2.45) is 23.7 Å². The van der Waals surface area contributed by atoms with E-state index in [1.165, 1.54) is 125 Å². The molecule has 1 heterocycles. The minimum Gasteiger partial charge on any atom is -0.453 e. The zero-order valence-corrected chi connectivity index (χ0v) is 40.0. The molecule has 63 heavy (non-hydrogen) atoms. The maximum atomic E-state index is 13.5. The molecule has 338 valence electrons.